The minimum Gasteiger partial charge on any atom is -0.355 e. The van der Waals surface area contributed by atoms with E-state index in [1.807, 2.05) is 13.8 Å². The molecule has 0 radical (unpaired) electrons. The van der Waals surface area contributed by atoms with Gasteiger partial charge in [-0.3, -0.25) is 14.3 Å². The summed E-state index contributed by atoms with van der Waals surface area (Å²) in [5, 5.41) is 13.8. The monoisotopic (exact) mass is 582 g/mol. The first-order valence-electron chi connectivity index (χ1n) is 13.6. The lowest BCUT2D eigenvalue weighted by Gasteiger charge is -2.34. The molecule has 2 aliphatic rings. The van der Waals surface area contributed by atoms with Gasteiger partial charge in [0.25, 0.3) is 11.7 Å². The summed E-state index contributed by atoms with van der Waals surface area (Å²) in [7, 11) is 0. The summed E-state index contributed by atoms with van der Waals surface area (Å²) in [6.45, 7) is 3.26. The van der Waals surface area contributed by atoms with Gasteiger partial charge in [0.1, 0.15) is 5.69 Å². The lowest BCUT2D eigenvalue weighted by atomic mass is 9.80. The van der Waals surface area contributed by atoms with Crippen molar-refractivity contribution >= 4 is 17.6 Å². The van der Waals surface area contributed by atoms with Crippen molar-refractivity contribution in [2.24, 2.45) is 17.8 Å². The highest BCUT2D eigenvalue weighted by Crippen LogP contribution is 2.42. The van der Waals surface area contributed by atoms with Gasteiger partial charge in [0, 0.05) is 44.0 Å². The fraction of sp³-hybridized carbons (Fsp3) is 0.615. The normalized spacial score (nSPS) is 23.9. The quantitative estimate of drug-likeness (QED) is 0.406. The van der Waals surface area contributed by atoms with Gasteiger partial charge in [0.15, 0.2) is 0 Å². The van der Waals surface area contributed by atoms with Crippen molar-refractivity contribution in [3.8, 4) is 0 Å². The maximum Gasteiger partial charge on any atom is 0.393 e. The van der Waals surface area contributed by atoms with Crippen LogP contribution in [0.15, 0.2) is 24.7 Å². The van der Waals surface area contributed by atoms with Crippen LogP contribution < -0.4 is 10.6 Å². The molecule has 15 heteroatoms. The second-order valence-electron chi connectivity index (χ2n) is 11.2. The summed E-state index contributed by atoms with van der Waals surface area (Å²) in [5.74, 6) is -6.94. The number of nitrogens with zero attached hydrogens (tertiary/aromatic N) is 6. The van der Waals surface area contributed by atoms with E-state index in [1.54, 1.807) is 6.07 Å². The van der Waals surface area contributed by atoms with Gasteiger partial charge >= 0.3 is 6.18 Å². The lowest BCUT2D eigenvalue weighted by molar-refractivity contribution is -0.183. The topological polar surface area (TPSA) is 119 Å². The fourth-order valence-electron chi connectivity index (χ4n) is 5.71. The highest BCUT2D eigenvalue weighted by molar-refractivity contribution is 5.92. The van der Waals surface area contributed by atoms with Crippen molar-refractivity contribution in [1.29, 1.82) is 0 Å². The van der Waals surface area contributed by atoms with E-state index in [2.05, 4.69) is 30.8 Å². The minimum atomic E-state index is -4.43. The Labute approximate surface area is 232 Å². The molecule has 10 nitrogen and oxygen atoms in total. The molecule has 1 saturated heterocycles. The van der Waals surface area contributed by atoms with Crippen molar-refractivity contribution in [3.05, 3.63) is 41.7 Å². The lowest BCUT2D eigenvalue weighted by Crippen LogP contribution is -2.47. The Hall–Kier alpha value is -3.65. The molecule has 0 spiro atoms. The Bertz CT molecular complexity index is 1420. The third-order valence-corrected chi connectivity index (χ3v) is 7.78. The summed E-state index contributed by atoms with van der Waals surface area (Å²) in [6.07, 6.45) is -0.492. The number of halogens is 5. The number of imidazole rings is 1. The zero-order valence-electron chi connectivity index (χ0n) is 22.5. The number of piperidine rings is 1. The standard InChI is InChI=1S/C26H31F5N8O2/c1-14(2)39-20(5-7-34-39)23(41)36-21(15-4-3-6-25(27,28)10-15)19-13-38-24(35-19)33-12-18(37-38)9-16-8-17(26(29,30)31)11-32-22(16)40/h5,7,12-17,21H,3-4,6,8-11H2,1-2H3,(H,32,40)(H,36,41)/t15-,16+,17+,21-/m0/s1. The zero-order chi connectivity index (χ0) is 29.5. The third kappa shape index (κ3) is 6.32. The molecule has 1 saturated carbocycles. The molecule has 3 aromatic heterocycles. The van der Waals surface area contributed by atoms with Gasteiger partial charge in [0.05, 0.1) is 35.7 Å². The highest BCUT2D eigenvalue weighted by atomic mass is 19.4. The molecular weight excluding hydrogens is 551 g/mol. The average Bonchev–Trinajstić information content (AvgIpc) is 3.54. The molecule has 0 aromatic carbocycles. The number of hydrogen-bond acceptors (Lipinski definition) is 6. The average molecular weight is 583 g/mol. The predicted octanol–water partition coefficient (Wildman–Crippen LogP) is 4.06. The fourth-order valence-corrected chi connectivity index (χ4v) is 5.71. The van der Waals surface area contributed by atoms with Gasteiger partial charge in [-0.15, -0.1) is 0 Å². The van der Waals surface area contributed by atoms with Crippen molar-refractivity contribution in [3.63, 3.8) is 0 Å². The molecule has 2 N–H and O–H groups in total. The van der Waals surface area contributed by atoms with E-state index in [0.717, 1.165) is 0 Å². The van der Waals surface area contributed by atoms with E-state index in [4.69, 9.17) is 0 Å². The molecule has 0 unspecified atom stereocenters. The van der Waals surface area contributed by atoms with E-state index < -0.39 is 60.7 Å². The van der Waals surface area contributed by atoms with Crippen LogP contribution in [0.3, 0.4) is 0 Å². The van der Waals surface area contributed by atoms with E-state index >= 15 is 0 Å². The molecule has 2 fully saturated rings. The van der Waals surface area contributed by atoms with Crippen LogP contribution in [0.2, 0.25) is 0 Å². The van der Waals surface area contributed by atoms with Crippen molar-refractivity contribution in [2.45, 2.75) is 76.6 Å². The molecule has 222 valence electrons. The molecule has 5 rings (SSSR count). The van der Waals surface area contributed by atoms with Gasteiger partial charge in [0.2, 0.25) is 11.8 Å². The van der Waals surface area contributed by atoms with Crippen LogP contribution in [0.1, 0.15) is 79.9 Å². The van der Waals surface area contributed by atoms with Crippen LogP contribution in [0, 0.1) is 17.8 Å². The first-order valence-corrected chi connectivity index (χ1v) is 13.6. The van der Waals surface area contributed by atoms with Crippen molar-refractivity contribution in [1.82, 2.24) is 40.0 Å². The highest BCUT2D eigenvalue weighted by Gasteiger charge is 2.45. The van der Waals surface area contributed by atoms with Crippen molar-refractivity contribution in [2.75, 3.05) is 6.54 Å². The minimum absolute atomic E-state index is 0.0664. The molecule has 1 aliphatic heterocycles. The van der Waals surface area contributed by atoms with Crippen LogP contribution in [-0.2, 0) is 11.2 Å². The number of hydrogen-bond donors (Lipinski definition) is 2. The second-order valence-corrected chi connectivity index (χ2v) is 11.2. The molecule has 4 heterocycles. The van der Waals surface area contributed by atoms with Gasteiger partial charge in [-0.05, 0) is 45.1 Å². The Morgan fingerprint density at radius 1 is 1.29 bits per heavy atom. The molecule has 4 atom stereocenters. The molecule has 0 bridgehead atoms. The second kappa shape index (κ2) is 11.0. The number of carbonyl (C=O) groups excluding carboxylic acids is 2. The van der Waals surface area contributed by atoms with Crippen molar-refractivity contribution < 1.29 is 31.5 Å². The number of aromatic nitrogens is 6. The van der Waals surface area contributed by atoms with E-state index in [1.165, 1.54) is 27.8 Å². The molecule has 41 heavy (non-hydrogen) atoms. The number of amides is 2. The summed E-state index contributed by atoms with van der Waals surface area (Å²) in [5.41, 5.74) is 0.828. The number of nitrogens with one attached hydrogen (secondary N) is 2. The SMILES string of the molecule is CC(C)n1nccc1C(=O)N[C@H](c1cn2nc(C[C@H]3C[C@@H](C(F)(F)F)CNC3=O)cnc2n1)[C@H]1CCCC(F)(F)C1. The molecule has 1 aliphatic carbocycles. The summed E-state index contributed by atoms with van der Waals surface area (Å²) < 4.78 is 71.4. The first-order chi connectivity index (χ1) is 19.3. The number of carbonyl (C=O) groups is 2. The Morgan fingerprint density at radius 2 is 2.07 bits per heavy atom. The zero-order valence-corrected chi connectivity index (χ0v) is 22.5. The largest absolute Gasteiger partial charge is 0.393 e. The van der Waals surface area contributed by atoms with Gasteiger partial charge in [-0.1, -0.05) is 0 Å². The van der Waals surface area contributed by atoms with Crippen LogP contribution in [-0.4, -0.2) is 59.8 Å². The third-order valence-electron chi connectivity index (χ3n) is 7.78. The van der Waals surface area contributed by atoms with Crippen LogP contribution in [0.4, 0.5) is 22.0 Å². The number of fused-ring (bicyclic) bond motifs is 1. The molecular formula is C26H31F5N8O2. The van der Waals surface area contributed by atoms with E-state index in [9.17, 15) is 31.5 Å². The van der Waals surface area contributed by atoms with Gasteiger partial charge < -0.3 is 10.6 Å². The summed E-state index contributed by atoms with van der Waals surface area (Å²) in [6, 6.07) is 0.557. The Kier molecular flexibility index (Phi) is 7.72. The van der Waals surface area contributed by atoms with E-state index in [0.29, 0.717) is 6.42 Å². The summed E-state index contributed by atoms with van der Waals surface area (Å²) >= 11 is 0. The Balaban J connectivity index is 1.41. The smallest absolute Gasteiger partial charge is 0.355 e. The number of alkyl halides is 5. The Morgan fingerprint density at radius 3 is 2.78 bits per heavy atom. The first kappa shape index (κ1) is 28.9. The van der Waals surface area contributed by atoms with Crippen LogP contribution >= 0.6 is 0 Å². The van der Waals surface area contributed by atoms with Gasteiger partial charge in [-0.2, -0.15) is 23.4 Å². The maximum absolute atomic E-state index is 14.4. The van der Waals surface area contributed by atoms with E-state index in [-0.39, 0.29) is 54.6 Å². The van der Waals surface area contributed by atoms with Crippen LogP contribution in [0.5, 0.6) is 0 Å². The van der Waals surface area contributed by atoms with Crippen LogP contribution in [0.25, 0.3) is 5.78 Å². The molecule has 3 aromatic rings. The summed E-state index contributed by atoms with van der Waals surface area (Å²) in [4.78, 5) is 34.3. The molecule has 2 amide bonds. The predicted molar refractivity (Wildman–Crippen MR) is 135 cm³/mol. The maximum atomic E-state index is 14.4. The van der Waals surface area contributed by atoms with Gasteiger partial charge in [-0.25, -0.2) is 23.3 Å². The number of rotatable bonds is 7.